The lowest BCUT2D eigenvalue weighted by Crippen LogP contribution is -2.54. The molecule has 0 bridgehead atoms. The van der Waals surface area contributed by atoms with E-state index in [1.807, 2.05) is 12.1 Å². The number of hydrogen-bond donors (Lipinski definition) is 3. The van der Waals surface area contributed by atoms with E-state index in [-0.39, 0.29) is 40.8 Å². The number of benzene rings is 1. The number of alkyl halides is 5. The van der Waals surface area contributed by atoms with Crippen LogP contribution in [-0.2, 0) is 6.42 Å². The molecule has 1 aromatic carbocycles. The molecule has 7 atom stereocenters. The van der Waals surface area contributed by atoms with Crippen molar-refractivity contribution in [3.63, 3.8) is 0 Å². The number of rotatable bonds is 8. The predicted octanol–water partition coefficient (Wildman–Crippen LogP) is 6.90. The van der Waals surface area contributed by atoms with Crippen LogP contribution in [0.4, 0.5) is 22.0 Å². The molecule has 0 aliphatic heterocycles. The highest BCUT2D eigenvalue weighted by Crippen LogP contribution is 2.69. The van der Waals surface area contributed by atoms with E-state index in [9.17, 15) is 37.3 Å². The van der Waals surface area contributed by atoms with E-state index >= 15 is 0 Å². The minimum atomic E-state index is -5.76. The quantitative estimate of drug-likeness (QED) is 0.200. The van der Waals surface area contributed by atoms with E-state index in [0.29, 0.717) is 12.8 Å². The van der Waals surface area contributed by atoms with Crippen molar-refractivity contribution in [3.8, 4) is 5.75 Å². The lowest BCUT2D eigenvalue weighted by Gasteiger charge is -2.60. The van der Waals surface area contributed by atoms with Gasteiger partial charge in [0.25, 0.3) is 0 Å². The first-order chi connectivity index (χ1) is 16.8. The number of aromatic hydroxyl groups is 1. The van der Waals surface area contributed by atoms with Gasteiger partial charge in [-0.2, -0.15) is 22.0 Å². The van der Waals surface area contributed by atoms with Crippen molar-refractivity contribution < 1.29 is 37.3 Å². The van der Waals surface area contributed by atoms with Crippen molar-refractivity contribution in [2.45, 2.75) is 101 Å². The van der Waals surface area contributed by atoms with Crippen molar-refractivity contribution >= 4 is 0 Å². The van der Waals surface area contributed by atoms with Crippen LogP contribution in [0.25, 0.3) is 0 Å². The maximum atomic E-state index is 13.3. The zero-order valence-corrected chi connectivity index (χ0v) is 20.7. The molecule has 0 heterocycles. The number of phenolic OH excluding ortho intramolecular Hbond substituents is 1. The highest BCUT2D eigenvalue weighted by atomic mass is 19.4. The van der Waals surface area contributed by atoms with Crippen molar-refractivity contribution in [2.24, 2.45) is 22.7 Å². The Labute approximate surface area is 209 Å². The number of unbranched alkanes of at least 4 members (excludes halogenated alkanes) is 2. The van der Waals surface area contributed by atoms with Gasteiger partial charge in [-0.05, 0) is 96.8 Å². The molecule has 3 N–H and O–H groups in total. The first-order valence-corrected chi connectivity index (χ1v) is 13.0. The molecular formula is C28H37F5O3. The van der Waals surface area contributed by atoms with Gasteiger partial charge in [0.2, 0.25) is 0 Å². The average Bonchev–Trinajstić information content (AvgIpc) is 3.11. The van der Waals surface area contributed by atoms with Gasteiger partial charge >= 0.3 is 12.1 Å². The third kappa shape index (κ3) is 4.36. The highest BCUT2D eigenvalue weighted by molar-refractivity contribution is 5.43. The SMILES string of the molecule is C=C[C@@]12CCc3cc(O)ccc3[C@H]1[C@@H](CCCCCC(O)C(F)(F)C(F)(F)F)C[C@@]1(C)[C@H]2CC[C@@H]1O. The van der Waals surface area contributed by atoms with Crippen LogP contribution in [-0.4, -0.2) is 39.6 Å². The van der Waals surface area contributed by atoms with Gasteiger partial charge in [-0.3, -0.25) is 0 Å². The van der Waals surface area contributed by atoms with E-state index in [4.69, 9.17) is 0 Å². The van der Waals surface area contributed by atoms with E-state index in [0.717, 1.165) is 44.1 Å². The summed E-state index contributed by atoms with van der Waals surface area (Å²) < 4.78 is 64.2. The minimum Gasteiger partial charge on any atom is -0.508 e. The maximum absolute atomic E-state index is 13.3. The molecule has 3 aliphatic rings. The van der Waals surface area contributed by atoms with Gasteiger partial charge < -0.3 is 15.3 Å². The molecule has 36 heavy (non-hydrogen) atoms. The molecule has 1 aromatic rings. The molecule has 0 aromatic heterocycles. The molecular weight excluding hydrogens is 479 g/mol. The van der Waals surface area contributed by atoms with E-state index < -0.39 is 30.7 Å². The summed E-state index contributed by atoms with van der Waals surface area (Å²) in [7, 11) is 0. The van der Waals surface area contributed by atoms with Gasteiger partial charge in [0, 0.05) is 0 Å². The number of aliphatic hydroxyl groups is 2. The minimum absolute atomic E-state index is 0.0732. The van der Waals surface area contributed by atoms with Crippen LogP contribution in [0, 0.1) is 22.7 Å². The van der Waals surface area contributed by atoms with Crippen LogP contribution in [0.3, 0.4) is 0 Å². The van der Waals surface area contributed by atoms with E-state index in [1.54, 1.807) is 6.07 Å². The third-order valence-corrected chi connectivity index (χ3v) is 9.71. The molecule has 2 fully saturated rings. The van der Waals surface area contributed by atoms with Crippen molar-refractivity contribution in [2.75, 3.05) is 0 Å². The van der Waals surface area contributed by atoms with Crippen LogP contribution < -0.4 is 0 Å². The number of fused-ring (bicyclic) bond motifs is 5. The van der Waals surface area contributed by atoms with Gasteiger partial charge in [0.15, 0.2) is 0 Å². The van der Waals surface area contributed by atoms with Crippen LogP contribution in [0.1, 0.15) is 81.8 Å². The Morgan fingerprint density at radius 3 is 2.53 bits per heavy atom. The summed E-state index contributed by atoms with van der Waals surface area (Å²) in [6.45, 7) is 6.41. The molecule has 4 rings (SSSR count). The zero-order chi connectivity index (χ0) is 26.5. The summed E-state index contributed by atoms with van der Waals surface area (Å²) in [6, 6.07) is 5.51. The van der Waals surface area contributed by atoms with E-state index in [2.05, 4.69) is 19.6 Å². The van der Waals surface area contributed by atoms with Gasteiger partial charge in [-0.15, -0.1) is 6.58 Å². The molecule has 0 amide bonds. The zero-order valence-electron chi connectivity index (χ0n) is 20.7. The summed E-state index contributed by atoms with van der Waals surface area (Å²) in [5.74, 6) is -4.30. The molecule has 0 saturated heterocycles. The van der Waals surface area contributed by atoms with Crippen molar-refractivity contribution in [3.05, 3.63) is 42.0 Å². The van der Waals surface area contributed by atoms with Crippen LogP contribution in [0.15, 0.2) is 30.9 Å². The topological polar surface area (TPSA) is 60.7 Å². The number of phenols is 1. The molecule has 0 spiro atoms. The van der Waals surface area contributed by atoms with Crippen molar-refractivity contribution in [1.82, 2.24) is 0 Å². The molecule has 0 radical (unpaired) electrons. The second-order valence-electron chi connectivity index (χ2n) is 11.6. The Hall–Kier alpha value is -1.67. The lowest BCUT2D eigenvalue weighted by atomic mass is 9.44. The number of halogens is 5. The molecule has 8 heteroatoms. The highest BCUT2D eigenvalue weighted by Gasteiger charge is 2.63. The van der Waals surface area contributed by atoms with E-state index in [1.165, 1.54) is 5.56 Å². The fourth-order valence-corrected chi connectivity index (χ4v) is 7.98. The summed E-state index contributed by atoms with van der Waals surface area (Å²) in [5.41, 5.74) is 1.83. The Morgan fingerprint density at radius 2 is 1.86 bits per heavy atom. The second kappa shape index (κ2) is 9.57. The molecule has 2 saturated carbocycles. The standard InChI is InChI=1S/C28H37F5O3/c1-3-26-14-13-17-15-19(34)9-10-20(17)24(26)18(16-25(2)21(26)11-12-22(25)35)7-5-4-6-8-23(36)27(29,30)28(31,32)33/h3,9-10,15,18,21-24,34-36H,1,4-8,11-14,16H2,2H3/t18-,21+,22-,23?,24+,25-,26-/m0/s1. The monoisotopic (exact) mass is 516 g/mol. The average molecular weight is 517 g/mol. The van der Waals surface area contributed by atoms with Crippen LogP contribution in [0.2, 0.25) is 0 Å². The normalized spacial score (nSPS) is 35.0. The first-order valence-electron chi connectivity index (χ1n) is 13.0. The number of aliphatic hydroxyl groups excluding tert-OH is 2. The van der Waals surface area contributed by atoms with Gasteiger partial charge in [-0.1, -0.05) is 38.3 Å². The lowest BCUT2D eigenvalue weighted by molar-refractivity contribution is -0.313. The van der Waals surface area contributed by atoms with Crippen molar-refractivity contribution in [1.29, 1.82) is 0 Å². The van der Waals surface area contributed by atoms with Crippen LogP contribution >= 0.6 is 0 Å². The Bertz CT molecular complexity index is 963. The fourth-order valence-electron chi connectivity index (χ4n) is 7.98. The first kappa shape index (κ1) is 27.4. The van der Waals surface area contributed by atoms with Gasteiger partial charge in [0.05, 0.1) is 6.10 Å². The van der Waals surface area contributed by atoms with Gasteiger partial charge in [0.1, 0.15) is 11.9 Å². The Kier molecular flexibility index (Phi) is 7.28. The number of allylic oxidation sites excluding steroid dienone is 1. The smallest absolute Gasteiger partial charge is 0.456 e. The van der Waals surface area contributed by atoms with Gasteiger partial charge in [-0.25, -0.2) is 0 Å². The predicted molar refractivity (Wildman–Crippen MR) is 127 cm³/mol. The fraction of sp³-hybridized carbons (Fsp3) is 0.714. The largest absolute Gasteiger partial charge is 0.508 e. The third-order valence-electron chi connectivity index (χ3n) is 9.71. The van der Waals surface area contributed by atoms with Crippen LogP contribution in [0.5, 0.6) is 5.75 Å². The maximum Gasteiger partial charge on any atom is 0.456 e. The molecule has 202 valence electrons. The molecule has 3 nitrogen and oxygen atoms in total. The second-order valence-corrected chi connectivity index (χ2v) is 11.6. The summed E-state index contributed by atoms with van der Waals surface area (Å²) in [6.07, 6.45) is -1.44. The number of hydrogen-bond acceptors (Lipinski definition) is 3. The molecule has 3 aliphatic carbocycles. The summed E-state index contributed by atoms with van der Waals surface area (Å²) in [4.78, 5) is 0. The summed E-state index contributed by atoms with van der Waals surface area (Å²) in [5, 5.41) is 30.5. The Balaban J connectivity index is 1.52. The summed E-state index contributed by atoms with van der Waals surface area (Å²) >= 11 is 0. The Morgan fingerprint density at radius 1 is 1.14 bits per heavy atom. The molecule has 1 unspecified atom stereocenters. The number of aryl methyl sites for hydroxylation is 1.